The summed E-state index contributed by atoms with van der Waals surface area (Å²) in [7, 11) is -3.53. The highest BCUT2D eigenvalue weighted by Crippen LogP contribution is 2.30. The van der Waals surface area contributed by atoms with Crippen molar-refractivity contribution in [2.75, 3.05) is 31.1 Å². The third-order valence-corrected chi connectivity index (χ3v) is 7.07. The van der Waals surface area contributed by atoms with E-state index in [1.807, 2.05) is 0 Å². The highest BCUT2D eigenvalue weighted by atomic mass is 32.2. The Labute approximate surface area is 142 Å². The molecule has 0 aliphatic carbocycles. The first-order chi connectivity index (χ1) is 11.4. The van der Waals surface area contributed by atoms with E-state index >= 15 is 0 Å². The van der Waals surface area contributed by atoms with Crippen LogP contribution in [0.25, 0.3) is 0 Å². The van der Waals surface area contributed by atoms with Gasteiger partial charge in [-0.2, -0.15) is 4.31 Å². The summed E-state index contributed by atoms with van der Waals surface area (Å²) < 4.78 is 39.8. The van der Waals surface area contributed by atoms with Crippen LogP contribution >= 0.6 is 11.3 Å². The Morgan fingerprint density at radius 1 is 1.17 bits per heavy atom. The van der Waals surface area contributed by atoms with Crippen molar-refractivity contribution in [2.24, 2.45) is 0 Å². The van der Waals surface area contributed by atoms with Crippen molar-refractivity contribution >= 4 is 32.7 Å². The molecule has 0 saturated carbocycles. The molecule has 3 rings (SSSR count). The summed E-state index contributed by atoms with van der Waals surface area (Å²) in [5, 5.41) is 12.8. The molecule has 2 heterocycles. The number of nitro benzene ring substituents is 1. The molecule has 2 aromatic rings. The fourth-order valence-corrected chi connectivity index (χ4v) is 5.18. The van der Waals surface area contributed by atoms with Crippen LogP contribution in [0.2, 0.25) is 0 Å². The fraction of sp³-hybridized carbons (Fsp3) is 0.286. The minimum atomic E-state index is -3.53. The zero-order valence-electron chi connectivity index (χ0n) is 12.5. The standard InChI is InChI=1S/C14H14FN3O4S2/c15-11-3-4-12(13(10-11)18(19)20)16-5-7-17(8-6-16)24(21,22)14-2-1-9-23-14/h1-4,9-10H,5-8H2. The molecule has 0 bridgehead atoms. The molecular formula is C14H14FN3O4S2. The van der Waals surface area contributed by atoms with E-state index in [0.717, 1.165) is 23.5 Å². The van der Waals surface area contributed by atoms with E-state index < -0.39 is 20.8 Å². The maximum absolute atomic E-state index is 13.2. The summed E-state index contributed by atoms with van der Waals surface area (Å²) >= 11 is 1.15. The third-order valence-electron chi connectivity index (χ3n) is 3.80. The van der Waals surface area contributed by atoms with E-state index in [9.17, 15) is 22.9 Å². The van der Waals surface area contributed by atoms with Crippen LogP contribution in [0.3, 0.4) is 0 Å². The molecule has 0 spiro atoms. The highest BCUT2D eigenvalue weighted by Gasteiger charge is 2.31. The first-order valence-electron chi connectivity index (χ1n) is 7.12. The molecule has 0 atom stereocenters. The molecule has 1 fully saturated rings. The Balaban J connectivity index is 1.78. The number of anilines is 1. The van der Waals surface area contributed by atoms with Gasteiger partial charge in [0.2, 0.25) is 0 Å². The zero-order valence-corrected chi connectivity index (χ0v) is 14.1. The maximum atomic E-state index is 13.2. The van der Waals surface area contributed by atoms with Gasteiger partial charge in [-0.15, -0.1) is 11.3 Å². The number of rotatable bonds is 4. The van der Waals surface area contributed by atoms with Crippen LogP contribution in [0.4, 0.5) is 15.8 Å². The van der Waals surface area contributed by atoms with E-state index in [4.69, 9.17) is 0 Å². The van der Waals surface area contributed by atoms with Crippen LogP contribution in [0, 0.1) is 15.9 Å². The topological polar surface area (TPSA) is 83.8 Å². The van der Waals surface area contributed by atoms with E-state index in [-0.39, 0.29) is 23.0 Å². The number of piperazine rings is 1. The maximum Gasteiger partial charge on any atom is 0.295 e. The molecule has 1 aromatic heterocycles. The number of sulfonamides is 1. The van der Waals surface area contributed by atoms with Crippen LogP contribution in [0.15, 0.2) is 39.9 Å². The fourth-order valence-electron chi connectivity index (χ4n) is 2.62. The Morgan fingerprint density at radius 2 is 1.88 bits per heavy atom. The van der Waals surface area contributed by atoms with Crippen molar-refractivity contribution in [1.29, 1.82) is 0 Å². The van der Waals surface area contributed by atoms with Gasteiger partial charge in [0.05, 0.1) is 11.0 Å². The molecule has 7 nitrogen and oxygen atoms in total. The predicted molar refractivity (Wildman–Crippen MR) is 88.3 cm³/mol. The van der Waals surface area contributed by atoms with Crippen molar-refractivity contribution < 1.29 is 17.7 Å². The van der Waals surface area contributed by atoms with Crippen molar-refractivity contribution in [3.8, 4) is 0 Å². The lowest BCUT2D eigenvalue weighted by molar-refractivity contribution is -0.384. The number of nitro groups is 1. The van der Waals surface area contributed by atoms with E-state index in [1.54, 1.807) is 22.4 Å². The molecule has 10 heteroatoms. The lowest BCUT2D eigenvalue weighted by Gasteiger charge is -2.34. The summed E-state index contributed by atoms with van der Waals surface area (Å²) in [5.41, 5.74) is -0.0147. The van der Waals surface area contributed by atoms with Gasteiger partial charge >= 0.3 is 0 Å². The van der Waals surface area contributed by atoms with Crippen molar-refractivity contribution in [3.63, 3.8) is 0 Å². The average molecular weight is 371 g/mol. The molecule has 0 radical (unpaired) electrons. The van der Waals surface area contributed by atoms with Gasteiger partial charge in [-0.1, -0.05) is 6.07 Å². The summed E-state index contributed by atoms with van der Waals surface area (Å²) in [5.74, 6) is -0.677. The predicted octanol–water partition coefficient (Wildman–Crippen LogP) is 2.31. The van der Waals surface area contributed by atoms with Crippen LogP contribution in [0.5, 0.6) is 0 Å². The third kappa shape index (κ3) is 3.12. The minimum Gasteiger partial charge on any atom is -0.363 e. The summed E-state index contributed by atoms with van der Waals surface area (Å²) in [6.45, 7) is 1.04. The molecule has 1 aliphatic rings. The van der Waals surface area contributed by atoms with Gasteiger partial charge < -0.3 is 4.90 Å². The lowest BCUT2D eigenvalue weighted by Crippen LogP contribution is -2.48. The molecule has 1 saturated heterocycles. The molecule has 0 unspecified atom stereocenters. The van der Waals surface area contributed by atoms with Gasteiger partial charge in [0, 0.05) is 26.2 Å². The van der Waals surface area contributed by atoms with E-state index in [0.29, 0.717) is 18.8 Å². The second-order valence-electron chi connectivity index (χ2n) is 5.21. The SMILES string of the molecule is O=[N+]([O-])c1cc(F)ccc1N1CCN(S(=O)(=O)c2cccs2)CC1. The zero-order chi connectivity index (χ0) is 17.3. The molecule has 24 heavy (non-hydrogen) atoms. The van der Waals surface area contributed by atoms with Crippen molar-refractivity contribution in [1.82, 2.24) is 4.31 Å². The Morgan fingerprint density at radius 3 is 2.46 bits per heavy atom. The number of hydrogen-bond donors (Lipinski definition) is 0. The number of halogens is 1. The Kier molecular flexibility index (Phi) is 4.52. The monoisotopic (exact) mass is 371 g/mol. The molecular weight excluding hydrogens is 357 g/mol. The quantitative estimate of drug-likeness (QED) is 0.608. The largest absolute Gasteiger partial charge is 0.363 e. The normalized spacial score (nSPS) is 16.3. The van der Waals surface area contributed by atoms with Crippen LogP contribution in [0.1, 0.15) is 0 Å². The summed E-state index contributed by atoms with van der Waals surface area (Å²) in [4.78, 5) is 12.2. The van der Waals surface area contributed by atoms with E-state index in [1.165, 1.54) is 10.4 Å². The summed E-state index contributed by atoms with van der Waals surface area (Å²) in [6, 6.07) is 6.63. The summed E-state index contributed by atoms with van der Waals surface area (Å²) in [6.07, 6.45) is 0. The van der Waals surface area contributed by atoms with Crippen molar-refractivity contribution in [2.45, 2.75) is 4.21 Å². The smallest absolute Gasteiger partial charge is 0.295 e. The van der Waals surface area contributed by atoms with Gasteiger partial charge in [-0.05, 0) is 23.6 Å². The Hall–Kier alpha value is -2.04. The number of hydrogen-bond acceptors (Lipinski definition) is 6. The molecule has 0 N–H and O–H groups in total. The average Bonchev–Trinajstić information content (AvgIpc) is 3.10. The second kappa shape index (κ2) is 6.46. The molecule has 0 amide bonds. The van der Waals surface area contributed by atoms with Crippen molar-refractivity contribution in [3.05, 3.63) is 51.6 Å². The molecule has 1 aliphatic heterocycles. The van der Waals surface area contributed by atoms with Gasteiger partial charge in [-0.3, -0.25) is 10.1 Å². The van der Waals surface area contributed by atoms with Gasteiger partial charge in [0.25, 0.3) is 15.7 Å². The van der Waals surface area contributed by atoms with Gasteiger partial charge in [0.15, 0.2) is 0 Å². The molecule has 1 aromatic carbocycles. The number of thiophene rings is 1. The van der Waals surface area contributed by atoms with Crippen LogP contribution in [-0.2, 0) is 10.0 Å². The van der Waals surface area contributed by atoms with Crippen LogP contribution in [-0.4, -0.2) is 43.8 Å². The van der Waals surface area contributed by atoms with Gasteiger partial charge in [0.1, 0.15) is 15.7 Å². The highest BCUT2D eigenvalue weighted by molar-refractivity contribution is 7.91. The van der Waals surface area contributed by atoms with Gasteiger partial charge in [-0.25, -0.2) is 12.8 Å². The number of nitrogens with zero attached hydrogens (tertiary/aromatic N) is 3. The second-order valence-corrected chi connectivity index (χ2v) is 8.33. The lowest BCUT2D eigenvalue weighted by atomic mass is 10.2. The first kappa shape index (κ1) is 16.8. The molecule has 128 valence electrons. The first-order valence-corrected chi connectivity index (χ1v) is 9.44. The minimum absolute atomic E-state index is 0.217. The van der Waals surface area contributed by atoms with Crippen LogP contribution < -0.4 is 4.90 Å². The number of benzene rings is 1. The Bertz CT molecular complexity index is 847. The van der Waals surface area contributed by atoms with E-state index in [2.05, 4.69) is 0 Å².